The topological polar surface area (TPSA) is 40.1 Å². The van der Waals surface area contributed by atoms with Crippen LogP contribution in [0, 0.1) is 0 Å². The average molecular weight is 387 g/mol. The van der Waals surface area contributed by atoms with Gasteiger partial charge in [0.1, 0.15) is 5.75 Å². The smallest absolute Gasteiger partial charge is 0.387 e. The van der Waals surface area contributed by atoms with Gasteiger partial charge < -0.3 is 15.0 Å². The van der Waals surface area contributed by atoms with Gasteiger partial charge in [-0.25, -0.2) is 0 Å². The van der Waals surface area contributed by atoms with Gasteiger partial charge in [0, 0.05) is 43.3 Å². The van der Waals surface area contributed by atoms with Crippen molar-refractivity contribution < 1.29 is 13.5 Å². The second-order valence-corrected chi connectivity index (χ2v) is 7.10. The highest BCUT2D eigenvalue weighted by Gasteiger charge is 2.30. The Balaban J connectivity index is 1.60. The van der Waals surface area contributed by atoms with E-state index in [1.54, 1.807) is 19.2 Å². The molecule has 0 radical (unpaired) electrons. The van der Waals surface area contributed by atoms with Crippen molar-refractivity contribution >= 4 is 17.6 Å². The zero-order chi connectivity index (χ0) is 18.5. The Bertz CT molecular complexity index is 638. The number of likely N-dealkylation sites (tertiary alicyclic amines) is 2. The van der Waals surface area contributed by atoms with Gasteiger partial charge in [-0.2, -0.15) is 8.78 Å². The molecule has 1 aromatic rings. The van der Waals surface area contributed by atoms with Crippen molar-refractivity contribution in [3.8, 4) is 5.75 Å². The Morgan fingerprint density at radius 3 is 2.81 bits per heavy atom. The van der Waals surface area contributed by atoms with Crippen LogP contribution in [0.15, 0.2) is 23.2 Å². The highest BCUT2D eigenvalue weighted by molar-refractivity contribution is 6.30. The van der Waals surface area contributed by atoms with Gasteiger partial charge in [-0.15, -0.1) is 0 Å². The zero-order valence-corrected chi connectivity index (χ0v) is 15.7. The van der Waals surface area contributed by atoms with Crippen molar-refractivity contribution in [1.29, 1.82) is 0 Å². The summed E-state index contributed by atoms with van der Waals surface area (Å²) in [6.07, 6.45) is 3.69. The monoisotopic (exact) mass is 386 g/mol. The second kappa shape index (κ2) is 8.86. The van der Waals surface area contributed by atoms with Crippen molar-refractivity contribution in [1.82, 2.24) is 15.1 Å². The van der Waals surface area contributed by atoms with E-state index in [-0.39, 0.29) is 5.75 Å². The molecular weight excluding hydrogens is 362 g/mol. The van der Waals surface area contributed by atoms with Gasteiger partial charge in [0.15, 0.2) is 5.96 Å². The molecule has 1 atom stereocenters. The van der Waals surface area contributed by atoms with Crippen molar-refractivity contribution in [3.05, 3.63) is 28.8 Å². The summed E-state index contributed by atoms with van der Waals surface area (Å²) in [4.78, 5) is 9.13. The first-order valence-corrected chi connectivity index (χ1v) is 9.37. The van der Waals surface area contributed by atoms with E-state index in [1.165, 1.54) is 32.0 Å². The van der Waals surface area contributed by atoms with Gasteiger partial charge in [-0.3, -0.25) is 9.89 Å². The van der Waals surface area contributed by atoms with Gasteiger partial charge in [0.2, 0.25) is 0 Å². The maximum absolute atomic E-state index is 12.6. The third kappa shape index (κ3) is 4.76. The Morgan fingerprint density at radius 2 is 2.12 bits per heavy atom. The molecule has 3 rings (SSSR count). The number of alkyl halides is 2. The molecule has 26 heavy (non-hydrogen) atoms. The fourth-order valence-corrected chi connectivity index (χ4v) is 3.94. The Morgan fingerprint density at radius 1 is 1.35 bits per heavy atom. The van der Waals surface area contributed by atoms with Crippen LogP contribution in [0.25, 0.3) is 0 Å². The number of hydrogen-bond acceptors (Lipinski definition) is 3. The van der Waals surface area contributed by atoms with Gasteiger partial charge in [-0.05, 0) is 50.6 Å². The summed E-state index contributed by atoms with van der Waals surface area (Å²) in [6, 6.07) is 5.21. The highest BCUT2D eigenvalue weighted by Crippen LogP contribution is 2.25. The number of ether oxygens (including phenoxy) is 1. The third-order valence-corrected chi connectivity index (χ3v) is 5.24. The number of hydrogen-bond donors (Lipinski definition) is 1. The van der Waals surface area contributed by atoms with Crippen LogP contribution in [0.1, 0.15) is 24.8 Å². The van der Waals surface area contributed by atoms with Gasteiger partial charge in [0.05, 0.1) is 0 Å². The summed E-state index contributed by atoms with van der Waals surface area (Å²) in [7, 11) is 1.74. The number of nitrogens with one attached hydrogen (secondary N) is 1. The molecule has 0 amide bonds. The van der Waals surface area contributed by atoms with E-state index in [1.807, 2.05) is 0 Å². The molecule has 8 heteroatoms. The van der Waals surface area contributed by atoms with Crippen LogP contribution >= 0.6 is 11.6 Å². The quantitative estimate of drug-likeness (QED) is 0.623. The first kappa shape index (κ1) is 19.2. The largest absolute Gasteiger partial charge is 0.434 e. The van der Waals surface area contributed by atoms with E-state index in [0.717, 1.165) is 25.5 Å². The first-order valence-electron chi connectivity index (χ1n) is 8.99. The van der Waals surface area contributed by atoms with E-state index in [9.17, 15) is 8.78 Å². The molecule has 1 unspecified atom stereocenters. The van der Waals surface area contributed by atoms with E-state index >= 15 is 0 Å². The number of aliphatic imine (C=N–C) groups is 1. The Kier molecular flexibility index (Phi) is 6.53. The molecule has 2 aliphatic rings. The van der Waals surface area contributed by atoms with Crippen molar-refractivity contribution in [2.24, 2.45) is 4.99 Å². The van der Waals surface area contributed by atoms with Crippen LogP contribution in [-0.2, 0) is 6.54 Å². The van der Waals surface area contributed by atoms with Gasteiger partial charge in [0.25, 0.3) is 0 Å². The molecular formula is C18H25ClF2N4O. The normalized spacial score (nSPS) is 21.7. The first-order chi connectivity index (χ1) is 12.6. The maximum Gasteiger partial charge on any atom is 0.387 e. The lowest BCUT2D eigenvalue weighted by molar-refractivity contribution is -0.0504. The molecule has 2 heterocycles. The summed E-state index contributed by atoms with van der Waals surface area (Å²) in [5.74, 6) is 0.901. The van der Waals surface area contributed by atoms with E-state index in [4.69, 9.17) is 11.6 Å². The van der Waals surface area contributed by atoms with Crippen molar-refractivity contribution in [3.63, 3.8) is 0 Å². The second-order valence-electron chi connectivity index (χ2n) is 6.66. The third-order valence-electron chi connectivity index (χ3n) is 5.01. The number of halogens is 3. The molecule has 0 aliphatic carbocycles. The highest BCUT2D eigenvalue weighted by atomic mass is 35.5. The predicted molar refractivity (Wildman–Crippen MR) is 99.1 cm³/mol. The minimum atomic E-state index is -2.87. The van der Waals surface area contributed by atoms with Crippen molar-refractivity contribution in [2.75, 3.05) is 33.2 Å². The fourth-order valence-electron chi connectivity index (χ4n) is 3.74. The molecule has 0 saturated carbocycles. The number of benzene rings is 1. The fraction of sp³-hybridized carbons (Fsp3) is 0.611. The van der Waals surface area contributed by atoms with E-state index in [0.29, 0.717) is 23.2 Å². The summed E-state index contributed by atoms with van der Waals surface area (Å²) in [5.41, 5.74) is 0.578. The standard InChI is InChI=1S/C18H25ClF2N4O/c1-22-18(25-9-6-15(12-25)24-7-2-3-8-24)23-11-13-10-14(19)4-5-16(13)26-17(20)21/h4-5,10,15,17H,2-3,6-9,11-12H2,1H3,(H,22,23). The molecule has 0 bridgehead atoms. The number of rotatable bonds is 5. The van der Waals surface area contributed by atoms with Crippen LogP contribution in [0.3, 0.4) is 0 Å². The SMILES string of the molecule is CN=C(NCc1cc(Cl)ccc1OC(F)F)N1CCC(N2CCCC2)C1. The van der Waals surface area contributed by atoms with E-state index in [2.05, 4.69) is 24.8 Å². The lowest BCUT2D eigenvalue weighted by Crippen LogP contribution is -2.42. The van der Waals surface area contributed by atoms with Gasteiger partial charge >= 0.3 is 6.61 Å². The average Bonchev–Trinajstić information content (AvgIpc) is 3.28. The van der Waals surface area contributed by atoms with Crippen molar-refractivity contribution in [2.45, 2.75) is 38.5 Å². The van der Waals surface area contributed by atoms with Crippen LogP contribution in [0.2, 0.25) is 5.02 Å². The van der Waals surface area contributed by atoms with Crippen LogP contribution < -0.4 is 10.1 Å². The molecule has 5 nitrogen and oxygen atoms in total. The molecule has 1 aromatic carbocycles. The minimum absolute atomic E-state index is 0.128. The number of guanidine groups is 1. The molecule has 2 fully saturated rings. The van der Waals surface area contributed by atoms with Crippen LogP contribution in [0.5, 0.6) is 5.75 Å². The Labute approximate surface area is 158 Å². The Hall–Kier alpha value is -1.60. The summed E-state index contributed by atoms with van der Waals surface area (Å²) in [6.45, 7) is 1.70. The summed E-state index contributed by atoms with van der Waals surface area (Å²) < 4.78 is 29.8. The number of nitrogens with zero attached hydrogens (tertiary/aromatic N) is 3. The molecule has 1 N–H and O–H groups in total. The summed E-state index contributed by atoms with van der Waals surface area (Å²) in [5, 5.41) is 3.73. The molecule has 2 aliphatic heterocycles. The summed E-state index contributed by atoms with van der Waals surface area (Å²) >= 11 is 6.00. The lowest BCUT2D eigenvalue weighted by Gasteiger charge is -2.25. The van der Waals surface area contributed by atoms with E-state index < -0.39 is 6.61 Å². The molecule has 2 saturated heterocycles. The van der Waals surface area contributed by atoms with Crippen LogP contribution in [0.4, 0.5) is 8.78 Å². The minimum Gasteiger partial charge on any atom is -0.434 e. The molecule has 144 valence electrons. The van der Waals surface area contributed by atoms with Gasteiger partial charge in [-0.1, -0.05) is 11.6 Å². The maximum atomic E-state index is 12.6. The van der Waals surface area contributed by atoms with Crippen LogP contribution in [-0.4, -0.2) is 61.6 Å². The molecule has 0 aromatic heterocycles. The predicted octanol–water partition coefficient (Wildman–Crippen LogP) is 3.19. The molecule has 0 spiro atoms. The zero-order valence-electron chi connectivity index (χ0n) is 14.9. The lowest BCUT2D eigenvalue weighted by atomic mass is 10.2.